The van der Waals surface area contributed by atoms with Crippen molar-refractivity contribution in [3.05, 3.63) is 53.3 Å². The van der Waals surface area contributed by atoms with E-state index in [2.05, 4.69) is 22.0 Å². The van der Waals surface area contributed by atoms with Crippen molar-refractivity contribution >= 4 is 5.91 Å². The third-order valence-electron chi connectivity index (χ3n) is 6.12. The molecular formula is C23H29N3O2. The fourth-order valence-corrected chi connectivity index (χ4v) is 3.94. The van der Waals surface area contributed by atoms with Gasteiger partial charge in [0.1, 0.15) is 17.2 Å². The molecule has 148 valence electrons. The Morgan fingerprint density at radius 3 is 2.54 bits per heavy atom. The average molecular weight is 380 g/mol. The molecule has 1 aromatic heterocycles. The van der Waals surface area contributed by atoms with Gasteiger partial charge < -0.3 is 9.64 Å². The van der Waals surface area contributed by atoms with Crippen LogP contribution in [-0.2, 0) is 12.8 Å². The minimum Gasteiger partial charge on any atom is -0.456 e. The van der Waals surface area contributed by atoms with Crippen molar-refractivity contribution < 1.29 is 9.53 Å². The normalized spacial score (nSPS) is 17.4. The average Bonchev–Trinajstić information content (AvgIpc) is 2.88. The minimum absolute atomic E-state index is 0.0740. The molecule has 5 nitrogen and oxygen atoms in total. The monoisotopic (exact) mass is 379 g/mol. The van der Waals surface area contributed by atoms with Gasteiger partial charge in [-0.1, -0.05) is 12.5 Å². The van der Waals surface area contributed by atoms with Crippen molar-refractivity contribution in [1.82, 2.24) is 14.8 Å². The quantitative estimate of drug-likeness (QED) is 0.790. The summed E-state index contributed by atoms with van der Waals surface area (Å²) in [5, 5.41) is 0. The molecule has 1 aromatic carbocycles. The molecule has 0 radical (unpaired) electrons. The summed E-state index contributed by atoms with van der Waals surface area (Å²) in [5.41, 5.74) is 3.27. The summed E-state index contributed by atoms with van der Waals surface area (Å²) in [6.07, 6.45) is 7.95. The second kappa shape index (κ2) is 8.31. The van der Waals surface area contributed by atoms with Crippen LogP contribution in [0.4, 0.5) is 0 Å². The van der Waals surface area contributed by atoms with Crippen LogP contribution < -0.4 is 4.74 Å². The molecule has 1 aliphatic heterocycles. The summed E-state index contributed by atoms with van der Waals surface area (Å²) < 4.78 is 6.01. The number of carbonyl (C=O) groups is 1. The summed E-state index contributed by atoms with van der Waals surface area (Å²) >= 11 is 0. The molecule has 0 atom stereocenters. The Morgan fingerprint density at radius 2 is 1.89 bits per heavy atom. The Kier molecular flexibility index (Phi) is 5.62. The molecule has 4 rings (SSSR count). The van der Waals surface area contributed by atoms with E-state index in [9.17, 15) is 4.79 Å². The van der Waals surface area contributed by atoms with Gasteiger partial charge in [0.15, 0.2) is 0 Å². The molecule has 2 aliphatic rings. The lowest BCUT2D eigenvalue weighted by molar-refractivity contribution is 0.0796. The smallest absolute Gasteiger partial charge is 0.272 e. The van der Waals surface area contributed by atoms with Gasteiger partial charge in [-0.3, -0.25) is 9.69 Å². The predicted molar refractivity (Wildman–Crippen MR) is 110 cm³/mol. The van der Waals surface area contributed by atoms with Gasteiger partial charge in [-0.15, -0.1) is 0 Å². The zero-order valence-corrected chi connectivity index (χ0v) is 16.9. The first-order chi connectivity index (χ1) is 13.6. The molecular weight excluding hydrogens is 350 g/mol. The Balaban J connectivity index is 1.42. The number of hydrogen-bond acceptors (Lipinski definition) is 4. The van der Waals surface area contributed by atoms with Crippen LogP contribution in [0, 0.1) is 0 Å². The Morgan fingerprint density at radius 1 is 1.14 bits per heavy atom. The highest BCUT2D eigenvalue weighted by atomic mass is 16.5. The maximum absolute atomic E-state index is 12.2. The molecule has 1 amide bonds. The molecule has 0 N–H and O–H groups in total. The summed E-state index contributed by atoms with van der Waals surface area (Å²) in [6, 6.07) is 10.8. The number of hydrogen-bond donors (Lipinski definition) is 0. The zero-order chi connectivity index (χ0) is 19.5. The van der Waals surface area contributed by atoms with E-state index in [0.29, 0.717) is 18.0 Å². The first-order valence-corrected chi connectivity index (χ1v) is 10.4. The Hall–Kier alpha value is -2.40. The third-order valence-corrected chi connectivity index (χ3v) is 6.12. The van der Waals surface area contributed by atoms with E-state index in [-0.39, 0.29) is 5.91 Å². The number of carbonyl (C=O) groups excluding carboxylic acids is 1. The fourth-order valence-electron chi connectivity index (χ4n) is 3.94. The minimum atomic E-state index is -0.0740. The van der Waals surface area contributed by atoms with Crippen LogP contribution in [0.3, 0.4) is 0 Å². The number of rotatable bonds is 5. The summed E-state index contributed by atoms with van der Waals surface area (Å²) in [4.78, 5) is 20.7. The van der Waals surface area contributed by atoms with E-state index in [1.54, 1.807) is 24.2 Å². The standard InChI is InChI=1S/C23H29N3O2/c1-3-25(2)23(27)22-10-9-21(16-24-22)28-20-8-7-17-11-13-26(19-5-4-6-19)14-12-18(17)15-20/h7-10,15-16,19H,3-6,11-14H2,1-2H3. The van der Waals surface area contributed by atoms with Crippen molar-refractivity contribution in [2.24, 2.45) is 0 Å². The van der Waals surface area contributed by atoms with Crippen molar-refractivity contribution in [3.8, 4) is 11.5 Å². The predicted octanol–water partition coefficient (Wildman–Crippen LogP) is 3.92. The lowest BCUT2D eigenvalue weighted by atomic mass is 9.91. The van der Waals surface area contributed by atoms with Gasteiger partial charge in [0.25, 0.3) is 5.91 Å². The summed E-state index contributed by atoms with van der Waals surface area (Å²) in [5.74, 6) is 1.41. The van der Waals surface area contributed by atoms with E-state index in [4.69, 9.17) is 4.74 Å². The van der Waals surface area contributed by atoms with Crippen molar-refractivity contribution in [1.29, 1.82) is 0 Å². The van der Waals surface area contributed by atoms with Gasteiger partial charge in [0, 0.05) is 32.7 Å². The van der Waals surface area contributed by atoms with Crippen LogP contribution in [-0.4, -0.2) is 53.4 Å². The second-order valence-electron chi connectivity index (χ2n) is 7.85. The van der Waals surface area contributed by atoms with Gasteiger partial charge >= 0.3 is 0 Å². The second-order valence-corrected chi connectivity index (χ2v) is 7.85. The van der Waals surface area contributed by atoms with Crippen molar-refractivity contribution in [2.75, 3.05) is 26.7 Å². The maximum Gasteiger partial charge on any atom is 0.272 e. The highest BCUT2D eigenvalue weighted by molar-refractivity contribution is 5.92. The number of aromatic nitrogens is 1. The van der Waals surface area contributed by atoms with Gasteiger partial charge in [-0.05, 0) is 68.0 Å². The van der Waals surface area contributed by atoms with Crippen LogP contribution in [0.25, 0.3) is 0 Å². The molecule has 0 bridgehead atoms. The van der Waals surface area contributed by atoms with Crippen LogP contribution in [0.5, 0.6) is 11.5 Å². The van der Waals surface area contributed by atoms with Crippen LogP contribution in [0.15, 0.2) is 36.5 Å². The molecule has 0 unspecified atom stereocenters. The lowest BCUT2D eigenvalue weighted by Crippen LogP contribution is -2.41. The maximum atomic E-state index is 12.2. The number of pyridine rings is 1. The number of fused-ring (bicyclic) bond motifs is 1. The Bertz CT molecular complexity index is 830. The molecule has 1 fully saturated rings. The molecule has 0 spiro atoms. The van der Waals surface area contributed by atoms with E-state index >= 15 is 0 Å². The highest BCUT2D eigenvalue weighted by Gasteiger charge is 2.26. The molecule has 2 aromatic rings. The lowest BCUT2D eigenvalue weighted by Gasteiger charge is -2.36. The van der Waals surface area contributed by atoms with E-state index < -0.39 is 0 Å². The largest absolute Gasteiger partial charge is 0.456 e. The summed E-state index contributed by atoms with van der Waals surface area (Å²) in [6.45, 7) is 4.92. The van der Waals surface area contributed by atoms with Crippen LogP contribution in [0.1, 0.15) is 47.8 Å². The van der Waals surface area contributed by atoms with Gasteiger partial charge in [-0.2, -0.15) is 0 Å². The molecule has 0 saturated heterocycles. The molecule has 1 aliphatic carbocycles. The SMILES string of the molecule is CCN(C)C(=O)c1ccc(Oc2ccc3c(c2)CCN(C2CCC2)CC3)cn1. The number of benzene rings is 1. The van der Waals surface area contributed by atoms with Crippen LogP contribution >= 0.6 is 0 Å². The first kappa shape index (κ1) is 18.9. The molecule has 28 heavy (non-hydrogen) atoms. The van der Waals surface area contributed by atoms with Crippen molar-refractivity contribution in [2.45, 2.75) is 45.1 Å². The van der Waals surface area contributed by atoms with Crippen molar-refractivity contribution in [3.63, 3.8) is 0 Å². The van der Waals surface area contributed by atoms with Crippen LogP contribution in [0.2, 0.25) is 0 Å². The highest BCUT2D eigenvalue weighted by Crippen LogP contribution is 2.29. The first-order valence-electron chi connectivity index (χ1n) is 10.4. The van der Waals surface area contributed by atoms with Gasteiger partial charge in [0.2, 0.25) is 0 Å². The number of ether oxygens (including phenoxy) is 1. The molecule has 5 heteroatoms. The number of nitrogens with zero attached hydrogens (tertiary/aromatic N) is 3. The zero-order valence-electron chi connectivity index (χ0n) is 16.9. The van der Waals surface area contributed by atoms with Gasteiger partial charge in [0.05, 0.1) is 6.20 Å². The van der Waals surface area contributed by atoms with Gasteiger partial charge in [-0.25, -0.2) is 4.98 Å². The van der Waals surface area contributed by atoms with E-state index in [0.717, 1.165) is 31.2 Å². The topological polar surface area (TPSA) is 45.7 Å². The van der Waals surface area contributed by atoms with E-state index in [1.165, 1.54) is 36.9 Å². The fraction of sp³-hybridized carbons (Fsp3) is 0.478. The summed E-state index contributed by atoms with van der Waals surface area (Å²) in [7, 11) is 1.77. The Labute approximate surface area is 167 Å². The molecule has 2 heterocycles. The molecule has 1 saturated carbocycles. The number of amides is 1. The third kappa shape index (κ3) is 4.04. The van der Waals surface area contributed by atoms with E-state index in [1.807, 2.05) is 19.1 Å².